The number of carbonyl (C=O) groups is 1. The highest BCUT2D eigenvalue weighted by atomic mass is 32.2. The first-order chi connectivity index (χ1) is 15.9. The van der Waals surface area contributed by atoms with Gasteiger partial charge in [0.05, 0.1) is 29.8 Å². The highest BCUT2D eigenvalue weighted by Crippen LogP contribution is 2.36. The van der Waals surface area contributed by atoms with Gasteiger partial charge in [0.25, 0.3) is 15.9 Å². The van der Waals surface area contributed by atoms with Gasteiger partial charge >= 0.3 is 0 Å². The highest BCUT2D eigenvalue weighted by Gasteiger charge is 2.37. The van der Waals surface area contributed by atoms with Gasteiger partial charge in [-0.25, -0.2) is 8.42 Å². The zero-order chi connectivity index (χ0) is 23.4. The smallest absolute Gasteiger partial charge is 0.264 e. The summed E-state index contributed by atoms with van der Waals surface area (Å²) in [6, 6.07) is 22.2. The molecule has 7 nitrogen and oxygen atoms in total. The molecule has 3 aromatic rings. The molecule has 1 amide bonds. The lowest BCUT2D eigenvalue weighted by Crippen LogP contribution is -2.51. The van der Waals surface area contributed by atoms with Crippen molar-refractivity contribution in [3.63, 3.8) is 0 Å². The van der Waals surface area contributed by atoms with Crippen molar-refractivity contribution in [2.75, 3.05) is 17.5 Å². The number of amides is 1. The summed E-state index contributed by atoms with van der Waals surface area (Å²) >= 11 is 0. The van der Waals surface area contributed by atoms with E-state index in [0.29, 0.717) is 18.0 Å². The molecule has 0 spiro atoms. The summed E-state index contributed by atoms with van der Waals surface area (Å²) in [6.07, 6.45) is -0.997. The Labute approximate surface area is 194 Å². The number of hydrogen-bond acceptors (Lipinski definition) is 5. The fraction of sp³-hybridized carbons (Fsp3) is 0.240. The quantitative estimate of drug-likeness (QED) is 0.571. The topological polar surface area (TPSA) is 84.9 Å². The number of sulfonamides is 1. The lowest BCUT2D eigenvalue weighted by Gasteiger charge is -2.35. The predicted octanol–water partition coefficient (Wildman–Crippen LogP) is 3.92. The molecule has 3 aromatic carbocycles. The third-order valence-electron chi connectivity index (χ3n) is 5.41. The number of ether oxygens (including phenoxy) is 2. The van der Waals surface area contributed by atoms with Crippen LogP contribution < -0.4 is 19.1 Å². The zero-order valence-corrected chi connectivity index (χ0v) is 19.3. The molecule has 0 radical (unpaired) electrons. The lowest BCUT2D eigenvalue weighted by atomic mass is 10.1. The van der Waals surface area contributed by atoms with E-state index < -0.39 is 16.1 Å². The summed E-state index contributed by atoms with van der Waals surface area (Å²) in [5.41, 5.74) is 1.31. The summed E-state index contributed by atoms with van der Waals surface area (Å²) in [6.45, 7) is 4.23. The molecule has 33 heavy (non-hydrogen) atoms. The van der Waals surface area contributed by atoms with E-state index in [1.54, 1.807) is 42.5 Å². The number of anilines is 1. The fourth-order valence-corrected chi connectivity index (χ4v) is 5.19. The monoisotopic (exact) mass is 466 g/mol. The average Bonchev–Trinajstić information content (AvgIpc) is 2.84. The minimum atomic E-state index is -3.87. The van der Waals surface area contributed by atoms with E-state index in [-0.39, 0.29) is 23.4 Å². The Balaban J connectivity index is 1.55. The molecule has 2 atom stereocenters. The Hall–Kier alpha value is -3.52. The number of benzene rings is 3. The van der Waals surface area contributed by atoms with Crippen LogP contribution in [0.3, 0.4) is 0 Å². The van der Waals surface area contributed by atoms with Crippen molar-refractivity contribution in [2.45, 2.75) is 30.9 Å². The second-order valence-corrected chi connectivity index (χ2v) is 9.52. The number of fused-ring (bicyclic) bond motifs is 1. The van der Waals surface area contributed by atoms with Gasteiger partial charge in [-0.3, -0.25) is 9.10 Å². The van der Waals surface area contributed by atoms with Gasteiger partial charge in [-0.05, 0) is 55.8 Å². The van der Waals surface area contributed by atoms with Crippen molar-refractivity contribution in [2.24, 2.45) is 0 Å². The van der Waals surface area contributed by atoms with Gasteiger partial charge in [-0.15, -0.1) is 0 Å². The van der Waals surface area contributed by atoms with Gasteiger partial charge in [-0.2, -0.15) is 0 Å². The number of hydrogen-bond donors (Lipinski definition) is 1. The number of nitrogens with one attached hydrogen (secondary N) is 1. The van der Waals surface area contributed by atoms with Crippen LogP contribution in [0.1, 0.15) is 25.5 Å². The zero-order valence-electron chi connectivity index (χ0n) is 18.5. The van der Waals surface area contributed by atoms with E-state index in [4.69, 9.17) is 9.47 Å². The first-order valence-electron chi connectivity index (χ1n) is 10.8. The first-order valence-corrected chi connectivity index (χ1v) is 12.2. The number of carbonyl (C=O) groups excluding carboxylic acids is 1. The molecule has 0 saturated heterocycles. The van der Waals surface area contributed by atoms with Crippen LogP contribution in [0.5, 0.6) is 11.5 Å². The van der Waals surface area contributed by atoms with Gasteiger partial charge in [0.2, 0.25) is 0 Å². The van der Waals surface area contributed by atoms with Gasteiger partial charge in [-0.1, -0.05) is 42.5 Å². The lowest BCUT2D eigenvalue weighted by molar-refractivity contribution is -0.128. The van der Waals surface area contributed by atoms with Crippen molar-refractivity contribution in [3.8, 4) is 11.5 Å². The Bertz CT molecular complexity index is 1210. The second kappa shape index (κ2) is 9.54. The molecule has 0 bridgehead atoms. The molecule has 8 heteroatoms. The molecular weight excluding hydrogens is 440 g/mol. The van der Waals surface area contributed by atoms with Crippen LogP contribution in [0.4, 0.5) is 5.69 Å². The van der Waals surface area contributed by atoms with Gasteiger partial charge < -0.3 is 14.8 Å². The van der Waals surface area contributed by atoms with Crippen LogP contribution in [-0.4, -0.2) is 33.6 Å². The Morgan fingerprint density at radius 3 is 2.42 bits per heavy atom. The maximum Gasteiger partial charge on any atom is 0.264 e. The van der Waals surface area contributed by atoms with Crippen LogP contribution in [0, 0.1) is 0 Å². The van der Waals surface area contributed by atoms with Gasteiger partial charge in [0.1, 0.15) is 11.5 Å². The van der Waals surface area contributed by atoms with Gasteiger partial charge in [0, 0.05) is 0 Å². The van der Waals surface area contributed by atoms with Crippen molar-refractivity contribution in [3.05, 3.63) is 84.4 Å². The maximum atomic E-state index is 13.4. The normalized spacial score (nSPS) is 16.3. The molecular formula is C25H26N2O5S. The number of para-hydroxylation sites is 2. The molecule has 172 valence electrons. The molecule has 1 heterocycles. The number of rotatable bonds is 7. The molecule has 0 aromatic heterocycles. The first kappa shape index (κ1) is 22.7. The third kappa shape index (κ3) is 4.80. The van der Waals surface area contributed by atoms with Crippen molar-refractivity contribution in [1.29, 1.82) is 0 Å². The molecule has 1 N–H and O–H groups in total. The van der Waals surface area contributed by atoms with Crippen molar-refractivity contribution in [1.82, 2.24) is 5.32 Å². The van der Waals surface area contributed by atoms with E-state index in [0.717, 1.165) is 11.3 Å². The molecule has 0 aliphatic carbocycles. The maximum absolute atomic E-state index is 13.4. The Morgan fingerprint density at radius 2 is 1.73 bits per heavy atom. The third-order valence-corrected chi connectivity index (χ3v) is 7.20. The fourth-order valence-electron chi connectivity index (χ4n) is 3.70. The predicted molar refractivity (Wildman–Crippen MR) is 126 cm³/mol. The van der Waals surface area contributed by atoms with Crippen LogP contribution in [-0.2, 0) is 14.8 Å². The van der Waals surface area contributed by atoms with Crippen molar-refractivity contribution >= 4 is 21.6 Å². The Morgan fingerprint density at radius 1 is 1.06 bits per heavy atom. The Kier molecular flexibility index (Phi) is 6.55. The summed E-state index contributed by atoms with van der Waals surface area (Å²) in [5, 5.41) is 2.93. The van der Waals surface area contributed by atoms with Crippen LogP contribution in [0.2, 0.25) is 0 Å². The molecule has 0 unspecified atom stereocenters. The summed E-state index contributed by atoms with van der Waals surface area (Å²) in [5.74, 6) is 0.713. The molecule has 4 rings (SSSR count). The number of nitrogens with zero attached hydrogens (tertiary/aromatic N) is 1. The minimum absolute atomic E-state index is 0.129. The summed E-state index contributed by atoms with van der Waals surface area (Å²) in [7, 11) is -3.87. The van der Waals surface area contributed by atoms with Crippen LogP contribution in [0.25, 0.3) is 0 Å². The van der Waals surface area contributed by atoms with Crippen LogP contribution >= 0.6 is 0 Å². The molecule has 0 fully saturated rings. The molecule has 1 aliphatic rings. The van der Waals surface area contributed by atoms with E-state index in [1.165, 1.54) is 16.4 Å². The van der Waals surface area contributed by atoms with Crippen molar-refractivity contribution < 1.29 is 22.7 Å². The second-order valence-electron chi connectivity index (χ2n) is 7.66. The summed E-state index contributed by atoms with van der Waals surface area (Å²) < 4.78 is 39.4. The minimum Gasteiger partial charge on any atom is -0.494 e. The van der Waals surface area contributed by atoms with E-state index >= 15 is 0 Å². The molecule has 0 saturated carbocycles. The van der Waals surface area contributed by atoms with E-state index in [9.17, 15) is 13.2 Å². The van der Waals surface area contributed by atoms with E-state index in [1.807, 2.05) is 38.1 Å². The molecule has 1 aliphatic heterocycles. The van der Waals surface area contributed by atoms with Gasteiger partial charge in [0.15, 0.2) is 6.10 Å². The average molecular weight is 467 g/mol. The largest absolute Gasteiger partial charge is 0.494 e. The highest BCUT2D eigenvalue weighted by molar-refractivity contribution is 7.92. The van der Waals surface area contributed by atoms with Crippen LogP contribution in [0.15, 0.2) is 83.8 Å². The standard InChI is InChI=1S/C25H26N2O5S/c1-3-31-20-15-13-19(14-16-20)18(2)26-25(28)24-17-27(22-11-7-8-12-23(22)32-24)33(29,30)21-9-5-4-6-10-21/h4-16,18,24H,3,17H2,1-2H3,(H,26,28)/t18-,24+/m0/s1. The SMILES string of the molecule is CCOc1ccc([C@H](C)NC(=O)[C@H]2CN(S(=O)(=O)c3ccccc3)c3ccccc3O2)cc1. The van der Waals surface area contributed by atoms with E-state index in [2.05, 4.69) is 5.32 Å². The summed E-state index contributed by atoms with van der Waals surface area (Å²) in [4.78, 5) is 13.2.